The minimum Gasteiger partial charge on any atom is -0.345 e. The second-order valence-corrected chi connectivity index (χ2v) is 3.17. The first kappa shape index (κ1) is 8.11. The van der Waals surface area contributed by atoms with Crippen LogP contribution in [0.15, 0.2) is 47.3 Å². The Hall–Kier alpha value is -2.23. The maximum Gasteiger partial charge on any atom is 0.153 e. The van der Waals surface area contributed by atoms with Crippen molar-refractivity contribution in [3.05, 3.63) is 42.8 Å². The molecule has 0 saturated carbocycles. The summed E-state index contributed by atoms with van der Waals surface area (Å²) in [6, 6.07) is 9.97. The molecule has 0 amide bonds. The predicted molar refractivity (Wildman–Crippen MR) is 55.0 cm³/mol. The van der Waals surface area contributed by atoms with Gasteiger partial charge in [0.05, 0.1) is 0 Å². The molecule has 0 aliphatic rings. The first-order valence-electron chi connectivity index (χ1n) is 4.56. The van der Waals surface area contributed by atoms with Crippen LogP contribution in [0.25, 0.3) is 22.2 Å². The van der Waals surface area contributed by atoms with E-state index in [9.17, 15) is 0 Å². The molecule has 4 heteroatoms. The molecular weight excluding hydrogens is 190 g/mol. The predicted octanol–water partition coefficient (Wildman–Crippen LogP) is 2.28. The number of hydrogen-bond donors (Lipinski definition) is 0. The van der Waals surface area contributed by atoms with Crippen LogP contribution < -0.4 is 0 Å². The lowest BCUT2D eigenvalue weighted by Gasteiger charge is -2.00. The standard InChI is InChI=1S/C11H7N3O/c1-2-4-9-8(3-1)5-6-12-11(9)10-7-15-14-13-10/h1-7H. The molecule has 0 unspecified atom stereocenters. The molecule has 0 radical (unpaired) electrons. The van der Waals surface area contributed by atoms with Crippen LogP contribution in [0, 0.1) is 0 Å². The number of nitrogens with zero attached hydrogens (tertiary/aromatic N) is 3. The molecule has 0 aliphatic carbocycles. The fourth-order valence-electron chi connectivity index (χ4n) is 1.59. The number of rotatable bonds is 1. The van der Waals surface area contributed by atoms with Crippen molar-refractivity contribution in [2.45, 2.75) is 0 Å². The van der Waals surface area contributed by atoms with E-state index in [2.05, 4.69) is 15.4 Å². The van der Waals surface area contributed by atoms with Gasteiger partial charge in [-0.1, -0.05) is 24.3 Å². The molecule has 0 spiro atoms. The van der Waals surface area contributed by atoms with Gasteiger partial charge in [-0.25, -0.2) is 0 Å². The van der Waals surface area contributed by atoms with Gasteiger partial charge in [0.25, 0.3) is 0 Å². The Kier molecular flexibility index (Phi) is 1.71. The quantitative estimate of drug-likeness (QED) is 0.600. The summed E-state index contributed by atoms with van der Waals surface area (Å²) in [5.74, 6) is 0. The first-order valence-corrected chi connectivity index (χ1v) is 4.56. The Labute approximate surface area is 85.5 Å². The van der Waals surface area contributed by atoms with Crippen molar-refractivity contribution < 1.29 is 4.52 Å². The fraction of sp³-hybridized carbons (Fsp3) is 0. The van der Waals surface area contributed by atoms with Crippen LogP contribution in [0.4, 0.5) is 0 Å². The summed E-state index contributed by atoms with van der Waals surface area (Å²) >= 11 is 0. The monoisotopic (exact) mass is 197 g/mol. The van der Waals surface area contributed by atoms with Gasteiger partial charge >= 0.3 is 0 Å². The molecule has 0 N–H and O–H groups in total. The molecule has 3 rings (SSSR count). The third-order valence-corrected chi connectivity index (χ3v) is 2.28. The van der Waals surface area contributed by atoms with Crippen LogP contribution in [0.3, 0.4) is 0 Å². The van der Waals surface area contributed by atoms with Gasteiger partial charge in [-0.2, -0.15) is 0 Å². The molecule has 2 heterocycles. The number of pyridine rings is 1. The minimum absolute atomic E-state index is 0.659. The van der Waals surface area contributed by atoms with Crippen LogP contribution in [-0.2, 0) is 0 Å². The van der Waals surface area contributed by atoms with Crippen LogP contribution in [0.5, 0.6) is 0 Å². The van der Waals surface area contributed by atoms with Crippen LogP contribution in [0.1, 0.15) is 0 Å². The van der Waals surface area contributed by atoms with Crippen LogP contribution in [0.2, 0.25) is 0 Å². The average Bonchev–Trinajstić information content (AvgIpc) is 2.82. The largest absolute Gasteiger partial charge is 0.345 e. The van der Waals surface area contributed by atoms with Crippen molar-refractivity contribution in [3.8, 4) is 11.4 Å². The Morgan fingerprint density at radius 2 is 2.00 bits per heavy atom. The maximum atomic E-state index is 4.72. The van der Waals surface area contributed by atoms with E-state index in [1.165, 1.54) is 6.26 Å². The van der Waals surface area contributed by atoms with Gasteiger partial charge in [-0.05, 0) is 11.5 Å². The molecule has 15 heavy (non-hydrogen) atoms. The minimum atomic E-state index is 0.659. The summed E-state index contributed by atoms with van der Waals surface area (Å²) in [5, 5.41) is 9.48. The summed E-state index contributed by atoms with van der Waals surface area (Å²) in [5.41, 5.74) is 1.46. The zero-order valence-corrected chi connectivity index (χ0v) is 7.79. The molecule has 4 nitrogen and oxygen atoms in total. The van der Waals surface area contributed by atoms with Crippen molar-refractivity contribution in [2.75, 3.05) is 0 Å². The molecule has 2 aromatic heterocycles. The Balaban J connectivity index is 2.36. The summed E-state index contributed by atoms with van der Waals surface area (Å²) in [6.45, 7) is 0. The van der Waals surface area contributed by atoms with Crippen molar-refractivity contribution in [2.24, 2.45) is 0 Å². The fourth-order valence-corrected chi connectivity index (χ4v) is 1.59. The van der Waals surface area contributed by atoms with E-state index < -0.39 is 0 Å². The number of fused-ring (bicyclic) bond motifs is 1. The lowest BCUT2D eigenvalue weighted by molar-refractivity contribution is 0.393. The third-order valence-electron chi connectivity index (χ3n) is 2.28. The average molecular weight is 197 g/mol. The highest BCUT2D eigenvalue weighted by Crippen LogP contribution is 2.23. The van der Waals surface area contributed by atoms with E-state index >= 15 is 0 Å². The summed E-state index contributed by atoms with van der Waals surface area (Å²) < 4.78 is 4.72. The van der Waals surface area contributed by atoms with Gasteiger partial charge in [0.2, 0.25) is 0 Å². The van der Waals surface area contributed by atoms with Gasteiger partial charge in [-0.15, -0.1) is 5.10 Å². The van der Waals surface area contributed by atoms with Gasteiger partial charge in [-0.3, -0.25) is 4.98 Å². The topological polar surface area (TPSA) is 51.8 Å². The van der Waals surface area contributed by atoms with Gasteiger partial charge in [0.15, 0.2) is 12.0 Å². The van der Waals surface area contributed by atoms with Crippen molar-refractivity contribution in [1.29, 1.82) is 0 Å². The van der Waals surface area contributed by atoms with Gasteiger partial charge < -0.3 is 4.52 Å². The molecule has 3 aromatic rings. The molecule has 0 atom stereocenters. The second kappa shape index (κ2) is 3.16. The third kappa shape index (κ3) is 1.27. The normalized spacial score (nSPS) is 10.7. The lowest BCUT2D eigenvalue weighted by Crippen LogP contribution is -1.85. The highest BCUT2D eigenvalue weighted by atomic mass is 16.5. The van der Waals surface area contributed by atoms with Crippen LogP contribution in [-0.4, -0.2) is 15.4 Å². The molecule has 0 bridgehead atoms. The summed E-state index contributed by atoms with van der Waals surface area (Å²) in [7, 11) is 0. The Morgan fingerprint density at radius 1 is 1.07 bits per heavy atom. The van der Waals surface area contributed by atoms with Crippen molar-refractivity contribution >= 4 is 10.8 Å². The van der Waals surface area contributed by atoms with E-state index in [-0.39, 0.29) is 0 Å². The highest BCUT2D eigenvalue weighted by molar-refractivity contribution is 5.93. The molecule has 0 aliphatic heterocycles. The number of benzene rings is 1. The lowest BCUT2D eigenvalue weighted by atomic mass is 10.1. The molecular formula is C11H7N3O. The zero-order valence-electron chi connectivity index (χ0n) is 7.79. The maximum absolute atomic E-state index is 4.72. The van der Waals surface area contributed by atoms with Gasteiger partial charge in [0.1, 0.15) is 5.69 Å². The summed E-state index contributed by atoms with van der Waals surface area (Å²) in [4.78, 5) is 4.29. The smallest absolute Gasteiger partial charge is 0.153 e. The zero-order chi connectivity index (χ0) is 10.1. The molecule has 0 saturated heterocycles. The van der Waals surface area contributed by atoms with E-state index in [0.717, 1.165) is 16.5 Å². The highest BCUT2D eigenvalue weighted by Gasteiger charge is 2.07. The van der Waals surface area contributed by atoms with E-state index in [1.807, 2.05) is 30.3 Å². The first-order chi connectivity index (χ1) is 7.45. The van der Waals surface area contributed by atoms with E-state index in [0.29, 0.717) is 5.69 Å². The van der Waals surface area contributed by atoms with Crippen molar-refractivity contribution in [3.63, 3.8) is 0 Å². The van der Waals surface area contributed by atoms with Gasteiger partial charge in [0, 0.05) is 16.9 Å². The molecule has 72 valence electrons. The Morgan fingerprint density at radius 3 is 2.87 bits per heavy atom. The van der Waals surface area contributed by atoms with Crippen LogP contribution >= 0.6 is 0 Å². The number of aromatic nitrogens is 3. The SMILES string of the molecule is c1ccc2c(-c3conn3)nccc2c1. The summed E-state index contributed by atoms with van der Waals surface area (Å²) in [6.07, 6.45) is 3.25. The van der Waals surface area contributed by atoms with Crippen molar-refractivity contribution in [1.82, 2.24) is 15.4 Å². The Bertz CT molecular complexity index is 584. The van der Waals surface area contributed by atoms with E-state index in [1.54, 1.807) is 6.20 Å². The molecule has 0 fully saturated rings. The second-order valence-electron chi connectivity index (χ2n) is 3.17. The van der Waals surface area contributed by atoms with E-state index in [4.69, 9.17) is 4.52 Å². The molecule has 1 aromatic carbocycles. The number of hydrogen-bond acceptors (Lipinski definition) is 4.